The number of benzene rings is 1. The molecule has 1 heterocycles. The van der Waals surface area contributed by atoms with Crippen LogP contribution in [0, 0.1) is 16.7 Å². The molecule has 0 radical (unpaired) electrons. The zero-order valence-corrected chi connectivity index (χ0v) is 17.9. The average molecular weight is 397 g/mol. The number of rotatable bonds is 5. The van der Waals surface area contributed by atoms with Crippen molar-refractivity contribution < 1.29 is 14.3 Å². The van der Waals surface area contributed by atoms with E-state index in [0.717, 1.165) is 11.3 Å². The van der Waals surface area contributed by atoms with Gasteiger partial charge in [0.05, 0.1) is 6.04 Å². The van der Waals surface area contributed by atoms with Crippen LogP contribution in [-0.4, -0.2) is 29.5 Å². The maximum absolute atomic E-state index is 13.3. The molecule has 3 atom stereocenters. The number of carbonyl (C=O) groups excluding carboxylic acids is 2. The predicted molar refractivity (Wildman–Crippen MR) is 114 cm³/mol. The summed E-state index contributed by atoms with van der Waals surface area (Å²) in [6, 6.07) is 9.62. The van der Waals surface area contributed by atoms with Crippen LogP contribution in [0.3, 0.4) is 0 Å². The normalized spacial score (nSPS) is 25.5. The van der Waals surface area contributed by atoms with Crippen molar-refractivity contribution in [1.82, 2.24) is 4.90 Å². The summed E-state index contributed by atoms with van der Waals surface area (Å²) < 4.78 is 5.25. The van der Waals surface area contributed by atoms with Gasteiger partial charge in [0, 0.05) is 12.1 Å². The lowest BCUT2D eigenvalue weighted by Crippen LogP contribution is -2.45. The molecule has 2 aliphatic rings. The van der Waals surface area contributed by atoms with Gasteiger partial charge in [-0.3, -0.25) is 4.79 Å². The van der Waals surface area contributed by atoms with Gasteiger partial charge >= 0.3 is 6.09 Å². The third-order valence-corrected chi connectivity index (χ3v) is 6.14. The van der Waals surface area contributed by atoms with Gasteiger partial charge in [-0.2, -0.15) is 0 Å². The highest BCUT2D eigenvalue weighted by molar-refractivity contribution is 5.93. The Hall–Kier alpha value is -2.56. The number of carbonyl (C=O) groups is 2. The van der Waals surface area contributed by atoms with Crippen molar-refractivity contribution in [3.05, 3.63) is 59.8 Å². The Morgan fingerprint density at radius 1 is 1.31 bits per heavy atom. The van der Waals surface area contributed by atoms with Crippen LogP contribution in [-0.2, 0) is 16.0 Å². The Labute approximate surface area is 173 Å². The SMILES string of the molecule is CC(C)(C)C(CC(=O)N1C(=O)OC[C@H]1Cc1ccccc1)C1(C)C=CC=C(N)C1. The molecule has 1 aromatic rings. The fraction of sp³-hybridized carbons (Fsp3) is 0.500. The summed E-state index contributed by atoms with van der Waals surface area (Å²) in [5, 5.41) is 0. The second-order valence-corrected chi connectivity index (χ2v) is 9.59. The number of cyclic esters (lactones) is 1. The Kier molecular flexibility index (Phi) is 5.87. The van der Waals surface area contributed by atoms with E-state index in [4.69, 9.17) is 10.5 Å². The second-order valence-electron chi connectivity index (χ2n) is 9.59. The molecule has 1 aromatic carbocycles. The summed E-state index contributed by atoms with van der Waals surface area (Å²) in [6.45, 7) is 8.82. The highest BCUT2D eigenvalue weighted by atomic mass is 16.6. The first-order valence-corrected chi connectivity index (χ1v) is 10.3. The number of hydrogen-bond acceptors (Lipinski definition) is 4. The summed E-state index contributed by atoms with van der Waals surface area (Å²) >= 11 is 0. The van der Waals surface area contributed by atoms with Gasteiger partial charge in [-0.15, -0.1) is 0 Å². The van der Waals surface area contributed by atoms with Crippen molar-refractivity contribution in [2.24, 2.45) is 22.5 Å². The summed E-state index contributed by atoms with van der Waals surface area (Å²) in [5.74, 6) is -0.145. The van der Waals surface area contributed by atoms with Gasteiger partial charge < -0.3 is 10.5 Å². The van der Waals surface area contributed by atoms with Crippen LogP contribution in [0.2, 0.25) is 0 Å². The zero-order chi connectivity index (χ0) is 21.2. The molecule has 0 bridgehead atoms. The Morgan fingerprint density at radius 2 is 2.00 bits per heavy atom. The van der Waals surface area contributed by atoms with Crippen LogP contribution < -0.4 is 5.73 Å². The lowest BCUT2D eigenvalue weighted by atomic mass is 9.60. The average Bonchev–Trinajstić information content (AvgIpc) is 2.99. The number of nitrogens with zero attached hydrogens (tertiary/aromatic N) is 1. The molecule has 0 saturated carbocycles. The van der Waals surface area contributed by atoms with Crippen LogP contribution in [0.15, 0.2) is 54.3 Å². The molecular formula is C24H32N2O3. The topological polar surface area (TPSA) is 72.6 Å². The van der Waals surface area contributed by atoms with E-state index < -0.39 is 6.09 Å². The van der Waals surface area contributed by atoms with Crippen LogP contribution in [0.1, 0.15) is 46.1 Å². The lowest BCUT2D eigenvalue weighted by molar-refractivity contribution is -0.132. The molecule has 2 N–H and O–H groups in total. The number of ether oxygens (including phenoxy) is 1. The lowest BCUT2D eigenvalue weighted by Gasteiger charge is -2.44. The molecule has 0 aromatic heterocycles. The molecule has 1 aliphatic carbocycles. The standard InChI is InChI=1S/C24H32N2O3/c1-23(2,3)20(24(4)12-8-11-18(25)15-24)14-21(27)26-19(16-29-22(26)28)13-17-9-6-5-7-10-17/h5-12,19-20H,13-16,25H2,1-4H3/t19-,20?,24?/m1/s1. The van der Waals surface area contributed by atoms with Gasteiger partial charge in [0.15, 0.2) is 0 Å². The summed E-state index contributed by atoms with van der Waals surface area (Å²) in [4.78, 5) is 27.1. The molecule has 5 heteroatoms. The molecule has 156 valence electrons. The van der Waals surface area contributed by atoms with E-state index in [1.807, 2.05) is 42.5 Å². The van der Waals surface area contributed by atoms with Crippen molar-refractivity contribution in [1.29, 1.82) is 0 Å². The molecule has 1 saturated heterocycles. The molecule has 29 heavy (non-hydrogen) atoms. The Morgan fingerprint density at radius 3 is 2.62 bits per heavy atom. The second kappa shape index (κ2) is 8.05. The minimum absolute atomic E-state index is 0.0248. The largest absolute Gasteiger partial charge is 0.447 e. The number of amides is 2. The molecule has 2 unspecified atom stereocenters. The molecule has 3 rings (SSSR count). The van der Waals surface area contributed by atoms with Gasteiger partial charge in [0.25, 0.3) is 0 Å². The van der Waals surface area contributed by atoms with E-state index in [1.165, 1.54) is 4.90 Å². The van der Waals surface area contributed by atoms with Gasteiger partial charge in [0.2, 0.25) is 5.91 Å². The first kappa shape index (κ1) is 21.2. The zero-order valence-electron chi connectivity index (χ0n) is 17.9. The fourth-order valence-electron chi connectivity index (χ4n) is 4.79. The van der Waals surface area contributed by atoms with Crippen molar-refractivity contribution >= 4 is 12.0 Å². The van der Waals surface area contributed by atoms with Crippen molar-refractivity contribution in [3.8, 4) is 0 Å². The van der Waals surface area contributed by atoms with Crippen LogP contribution >= 0.6 is 0 Å². The summed E-state index contributed by atoms with van der Waals surface area (Å²) in [6.07, 6.45) is 7.09. The van der Waals surface area contributed by atoms with Gasteiger partial charge in [0.1, 0.15) is 6.61 Å². The van der Waals surface area contributed by atoms with Crippen molar-refractivity contribution in [3.63, 3.8) is 0 Å². The molecule has 2 amide bonds. The third kappa shape index (κ3) is 4.72. The summed E-state index contributed by atoms with van der Waals surface area (Å²) in [5.41, 5.74) is 7.64. The molecule has 0 spiro atoms. The van der Waals surface area contributed by atoms with E-state index in [2.05, 4.69) is 33.8 Å². The number of hydrogen-bond donors (Lipinski definition) is 1. The third-order valence-electron chi connectivity index (χ3n) is 6.14. The molecule has 1 fully saturated rings. The minimum Gasteiger partial charge on any atom is -0.447 e. The van der Waals surface area contributed by atoms with Gasteiger partial charge in [-0.25, -0.2) is 9.69 Å². The maximum Gasteiger partial charge on any atom is 0.416 e. The number of nitrogens with two attached hydrogens (primary N) is 1. The Balaban J connectivity index is 1.80. The number of imide groups is 1. The highest BCUT2D eigenvalue weighted by Gasteiger charge is 2.45. The maximum atomic E-state index is 13.3. The van der Waals surface area contributed by atoms with E-state index in [-0.39, 0.29) is 41.7 Å². The number of allylic oxidation sites excluding steroid dienone is 4. The first-order chi connectivity index (χ1) is 13.6. The smallest absolute Gasteiger partial charge is 0.416 e. The molecule has 5 nitrogen and oxygen atoms in total. The molecular weight excluding hydrogens is 364 g/mol. The van der Waals surface area contributed by atoms with Crippen LogP contribution in [0.5, 0.6) is 0 Å². The fourth-order valence-corrected chi connectivity index (χ4v) is 4.79. The van der Waals surface area contributed by atoms with E-state index in [0.29, 0.717) is 12.8 Å². The monoisotopic (exact) mass is 396 g/mol. The minimum atomic E-state index is -0.535. The molecule has 1 aliphatic heterocycles. The van der Waals surface area contributed by atoms with E-state index in [1.54, 1.807) is 0 Å². The van der Waals surface area contributed by atoms with E-state index in [9.17, 15) is 9.59 Å². The Bertz CT molecular complexity index is 822. The van der Waals surface area contributed by atoms with Crippen molar-refractivity contribution in [2.45, 2.75) is 53.0 Å². The highest BCUT2D eigenvalue weighted by Crippen LogP contribution is 2.48. The quantitative estimate of drug-likeness (QED) is 0.799. The van der Waals surface area contributed by atoms with Crippen LogP contribution in [0.25, 0.3) is 0 Å². The van der Waals surface area contributed by atoms with Crippen LogP contribution in [0.4, 0.5) is 4.79 Å². The first-order valence-electron chi connectivity index (χ1n) is 10.3. The van der Waals surface area contributed by atoms with E-state index >= 15 is 0 Å². The summed E-state index contributed by atoms with van der Waals surface area (Å²) in [7, 11) is 0. The predicted octanol–water partition coefficient (Wildman–Crippen LogP) is 4.44. The van der Waals surface area contributed by atoms with Gasteiger partial charge in [-0.1, -0.05) is 70.2 Å². The van der Waals surface area contributed by atoms with Crippen molar-refractivity contribution in [2.75, 3.05) is 6.61 Å². The van der Waals surface area contributed by atoms with Gasteiger partial charge in [-0.05, 0) is 41.2 Å².